The standard InChI is InChI=1S/C13H15F2N3/c1-2-5-16-12(13-17-6-7-18-13)10-4-3-9(14)8-11(10)15/h3-4,6-8,12,16H,2,5H2,1H3,(H,17,18). The maximum absolute atomic E-state index is 13.8. The van der Waals surface area contributed by atoms with Crippen LogP contribution >= 0.6 is 0 Å². The second-order valence-corrected chi connectivity index (χ2v) is 4.03. The van der Waals surface area contributed by atoms with Crippen molar-refractivity contribution >= 4 is 0 Å². The number of benzene rings is 1. The van der Waals surface area contributed by atoms with Gasteiger partial charge in [0.15, 0.2) is 0 Å². The molecule has 0 spiro atoms. The van der Waals surface area contributed by atoms with Crippen molar-refractivity contribution in [2.24, 2.45) is 0 Å². The molecule has 0 aliphatic carbocycles. The summed E-state index contributed by atoms with van der Waals surface area (Å²) in [6.07, 6.45) is 4.20. The normalized spacial score (nSPS) is 12.6. The minimum Gasteiger partial charge on any atom is -0.347 e. The van der Waals surface area contributed by atoms with Gasteiger partial charge in [0.1, 0.15) is 17.5 Å². The van der Waals surface area contributed by atoms with Gasteiger partial charge in [0, 0.05) is 24.0 Å². The molecule has 0 saturated heterocycles. The lowest BCUT2D eigenvalue weighted by atomic mass is 10.1. The molecule has 0 radical (unpaired) electrons. The van der Waals surface area contributed by atoms with Crippen molar-refractivity contribution < 1.29 is 8.78 Å². The summed E-state index contributed by atoms with van der Waals surface area (Å²) in [6, 6.07) is 3.20. The van der Waals surface area contributed by atoms with E-state index in [1.165, 1.54) is 12.1 Å². The Morgan fingerprint density at radius 3 is 2.83 bits per heavy atom. The van der Waals surface area contributed by atoms with Crippen molar-refractivity contribution in [3.8, 4) is 0 Å². The van der Waals surface area contributed by atoms with Crippen LogP contribution in [-0.4, -0.2) is 16.5 Å². The maximum Gasteiger partial charge on any atom is 0.131 e. The average molecular weight is 251 g/mol. The summed E-state index contributed by atoms with van der Waals surface area (Å²) in [5, 5.41) is 3.19. The Hall–Kier alpha value is -1.75. The van der Waals surface area contributed by atoms with E-state index in [-0.39, 0.29) is 6.04 Å². The van der Waals surface area contributed by atoms with E-state index in [1.807, 2.05) is 6.92 Å². The van der Waals surface area contributed by atoms with E-state index >= 15 is 0 Å². The predicted octanol–water partition coefficient (Wildman–Crippen LogP) is 2.78. The molecule has 3 nitrogen and oxygen atoms in total. The molecule has 5 heteroatoms. The third kappa shape index (κ3) is 2.73. The summed E-state index contributed by atoms with van der Waals surface area (Å²) in [4.78, 5) is 7.08. The Bertz CT molecular complexity index is 497. The van der Waals surface area contributed by atoms with Crippen LogP contribution in [0.5, 0.6) is 0 Å². The largest absolute Gasteiger partial charge is 0.347 e. The molecule has 1 unspecified atom stereocenters. The number of H-pyrrole nitrogens is 1. The monoisotopic (exact) mass is 251 g/mol. The van der Waals surface area contributed by atoms with Gasteiger partial charge in [-0.25, -0.2) is 13.8 Å². The fourth-order valence-electron chi connectivity index (χ4n) is 1.81. The van der Waals surface area contributed by atoms with E-state index in [9.17, 15) is 8.78 Å². The Kier molecular flexibility index (Phi) is 4.04. The minimum atomic E-state index is -0.579. The highest BCUT2D eigenvalue weighted by Gasteiger charge is 2.19. The zero-order valence-corrected chi connectivity index (χ0v) is 10.1. The van der Waals surface area contributed by atoms with Gasteiger partial charge in [-0.05, 0) is 19.0 Å². The van der Waals surface area contributed by atoms with Crippen LogP contribution in [0.3, 0.4) is 0 Å². The van der Waals surface area contributed by atoms with Crippen LogP contribution in [0.4, 0.5) is 8.78 Å². The quantitative estimate of drug-likeness (QED) is 0.857. The first-order valence-corrected chi connectivity index (χ1v) is 5.90. The summed E-state index contributed by atoms with van der Waals surface area (Å²) in [7, 11) is 0. The summed E-state index contributed by atoms with van der Waals surface area (Å²) < 4.78 is 26.7. The summed E-state index contributed by atoms with van der Waals surface area (Å²) in [5.74, 6) is -0.529. The molecule has 96 valence electrons. The van der Waals surface area contributed by atoms with E-state index in [4.69, 9.17) is 0 Å². The Morgan fingerprint density at radius 2 is 2.22 bits per heavy atom. The molecule has 18 heavy (non-hydrogen) atoms. The number of hydrogen-bond donors (Lipinski definition) is 2. The third-order valence-electron chi connectivity index (χ3n) is 2.66. The van der Waals surface area contributed by atoms with Gasteiger partial charge in [0.2, 0.25) is 0 Å². The molecule has 2 rings (SSSR count). The summed E-state index contributed by atoms with van der Waals surface area (Å²) in [6.45, 7) is 2.75. The molecule has 0 saturated carbocycles. The van der Waals surface area contributed by atoms with Crippen molar-refractivity contribution in [2.75, 3.05) is 6.54 Å². The first-order valence-electron chi connectivity index (χ1n) is 5.90. The van der Waals surface area contributed by atoms with Crippen molar-refractivity contribution in [1.82, 2.24) is 15.3 Å². The highest BCUT2D eigenvalue weighted by Crippen LogP contribution is 2.22. The molecule has 2 aromatic rings. The van der Waals surface area contributed by atoms with Gasteiger partial charge in [0.05, 0.1) is 6.04 Å². The van der Waals surface area contributed by atoms with Crippen molar-refractivity contribution in [2.45, 2.75) is 19.4 Å². The molecule has 0 aliphatic heterocycles. The molecule has 0 bridgehead atoms. The number of aromatic nitrogens is 2. The van der Waals surface area contributed by atoms with Crippen molar-refractivity contribution in [1.29, 1.82) is 0 Å². The van der Waals surface area contributed by atoms with Gasteiger partial charge in [-0.15, -0.1) is 0 Å². The number of rotatable bonds is 5. The minimum absolute atomic E-state index is 0.388. The molecule has 0 fully saturated rings. The van der Waals surface area contributed by atoms with E-state index in [2.05, 4.69) is 15.3 Å². The highest BCUT2D eigenvalue weighted by atomic mass is 19.1. The van der Waals surface area contributed by atoms with Crippen molar-refractivity contribution in [3.63, 3.8) is 0 Å². The maximum atomic E-state index is 13.8. The van der Waals surface area contributed by atoms with Crippen LogP contribution in [0.15, 0.2) is 30.6 Å². The van der Waals surface area contributed by atoms with Crippen LogP contribution in [0.1, 0.15) is 30.8 Å². The lowest BCUT2D eigenvalue weighted by Crippen LogP contribution is -2.25. The van der Waals surface area contributed by atoms with E-state index in [0.717, 1.165) is 19.0 Å². The van der Waals surface area contributed by atoms with Gasteiger partial charge in [0.25, 0.3) is 0 Å². The molecule has 0 aliphatic rings. The number of halogens is 2. The van der Waals surface area contributed by atoms with Crippen LogP contribution in [0, 0.1) is 11.6 Å². The Morgan fingerprint density at radius 1 is 1.39 bits per heavy atom. The van der Waals surface area contributed by atoms with Crippen LogP contribution in [0.25, 0.3) is 0 Å². The second-order valence-electron chi connectivity index (χ2n) is 4.03. The second kappa shape index (κ2) is 5.73. The smallest absolute Gasteiger partial charge is 0.131 e. The highest BCUT2D eigenvalue weighted by molar-refractivity contribution is 5.27. The van der Waals surface area contributed by atoms with Crippen LogP contribution < -0.4 is 5.32 Å². The van der Waals surface area contributed by atoms with Crippen LogP contribution in [0.2, 0.25) is 0 Å². The third-order valence-corrected chi connectivity index (χ3v) is 2.66. The topological polar surface area (TPSA) is 40.7 Å². The first-order chi connectivity index (χ1) is 8.72. The molecular weight excluding hydrogens is 236 g/mol. The fourth-order valence-corrected chi connectivity index (χ4v) is 1.81. The number of aromatic amines is 1. The predicted molar refractivity (Wildman–Crippen MR) is 65.1 cm³/mol. The molecule has 0 amide bonds. The molecule has 1 heterocycles. The number of hydrogen-bond acceptors (Lipinski definition) is 2. The molecule has 2 N–H and O–H groups in total. The van der Waals surface area contributed by atoms with E-state index in [1.54, 1.807) is 12.4 Å². The number of imidazole rings is 1. The van der Waals surface area contributed by atoms with Gasteiger partial charge in [-0.2, -0.15) is 0 Å². The van der Waals surface area contributed by atoms with E-state index in [0.29, 0.717) is 11.4 Å². The Balaban J connectivity index is 2.33. The Labute approximate surface area is 104 Å². The van der Waals surface area contributed by atoms with Gasteiger partial charge in [-0.1, -0.05) is 13.0 Å². The zero-order valence-electron chi connectivity index (χ0n) is 10.1. The summed E-state index contributed by atoms with van der Waals surface area (Å²) >= 11 is 0. The molecule has 1 aromatic carbocycles. The summed E-state index contributed by atoms with van der Waals surface area (Å²) in [5.41, 5.74) is 0.389. The molecule has 1 aromatic heterocycles. The van der Waals surface area contributed by atoms with Gasteiger partial charge in [-0.3, -0.25) is 0 Å². The van der Waals surface area contributed by atoms with Crippen molar-refractivity contribution in [3.05, 3.63) is 53.6 Å². The molecule has 1 atom stereocenters. The first kappa shape index (κ1) is 12.7. The number of nitrogens with one attached hydrogen (secondary N) is 2. The lowest BCUT2D eigenvalue weighted by Gasteiger charge is -2.17. The number of nitrogens with zero attached hydrogens (tertiary/aromatic N) is 1. The zero-order chi connectivity index (χ0) is 13.0. The lowest BCUT2D eigenvalue weighted by molar-refractivity contribution is 0.522. The van der Waals surface area contributed by atoms with Crippen LogP contribution in [-0.2, 0) is 0 Å². The SMILES string of the molecule is CCCNC(c1ncc[nH]1)c1ccc(F)cc1F. The fraction of sp³-hybridized carbons (Fsp3) is 0.308. The average Bonchev–Trinajstić information content (AvgIpc) is 2.85. The molecular formula is C13H15F2N3. The van der Waals surface area contributed by atoms with Gasteiger partial charge < -0.3 is 10.3 Å². The van der Waals surface area contributed by atoms with E-state index < -0.39 is 11.6 Å². The van der Waals surface area contributed by atoms with Gasteiger partial charge >= 0.3 is 0 Å².